The van der Waals surface area contributed by atoms with Crippen molar-refractivity contribution in [1.82, 2.24) is 20.5 Å². The number of hydrazine groups is 1. The smallest absolute Gasteiger partial charge is 0.206 e. The van der Waals surface area contributed by atoms with Crippen LogP contribution in [0.2, 0.25) is 0 Å². The third-order valence-corrected chi connectivity index (χ3v) is 2.68. The van der Waals surface area contributed by atoms with Crippen molar-refractivity contribution >= 4 is 5.96 Å². The molecule has 0 spiro atoms. The van der Waals surface area contributed by atoms with Crippen LogP contribution in [0.25, 0.3) is 0 Å². The second kappa shape index (κ2) is 6.97. The van der Waals surface area contributed by atoms with Gasteiger partial charge >= 0.3 is 0 Å². The molecule has 1 heterocycles. The fourth-order valence-corrected chi connectivity index (χ4v) is 1.52. The molecule has 7 heteroatoms. The zero-order valence-electron chi connectivity index (χ0n) is 11.4. The molecule has 0 amide bonds. The largest absolute Gasteiger partial charge is 0.383 e. The number of nitrogens with one attached hydrogen (secondary N) is 2. The number of aryl methyl sites for hydroxylation is 1. The summed E-state index contributed by atoms with van der Waals surface area (Å²) in [7, 11) is 3.56. The molecule has 0 bridgehead atoms. The Morgan fingerprint density at radius 1 is 1.67 bits per heavy atom. The third-order valence-electron chi connectivity index (χ3n) is 2.68. The lowest BCUT2D eigenvalue weighted by Crippen LogP contribution is -2.46. The molecule has 1 atom stereocenters. The van der Waals surface area contributed by atoms with Gasteiger partial charge in [0.25, 0.3) is 0 Å². The van der Waals surface area contributed by atoms with E-state index in [1.807, 2.05) is 31.8 Å². The predicted octanol–water partition coefficient (Wildman–Crippen LogP) is -0.328. The Balaban J connectivity index is 2.60. The number of aliphatic imine (C=N–C) groups is 1. The van der Waals surface area contributed by atoms with Gasteiger partial charge in [0.2, 0.25) is 5.96 Å². The van der Waals surface area contributed by atoms with E-state index in [1.54, 1.807) is 7.11 Å². The van der Waals surface area contributed by atoms with E-state index in [0.29, 0.717) is 19.1 Å². The predicted molar refractivity (Wildman–Crippen MR) is 70.9 cm³/mol. The molecule has 102 valence electrons. The Morgan fingerprint density at radius 2 is 2.39 bits per heavy atom. The summed E-state index contributed by atoms with van der Waals surface area (Å²) in [5, 5.41) is 7.29. The highest BCUT2D eigenvalue weighted by Crippen LogP contribution is 2.06. The van der Waals surface area contributed by atoms with E-state index >= 15 is 0 Å². The number of ether oxygens (including phenoxy) is 1. The van der Waals surface area contributed by atoms with Gasteiger partial charge in [0.05, 0.1) is 19.3 Å². The first-order valence-electron chi connectivity index (χ1n) is 5.82. The standard InChI is InChI=1S/C11H22N6O/c1-8(7-18-4)15-11(16-12)13-5-10-6-14-17(3)9(10)2/h6,8H,5,7,12H2,1-4H3,(H2,13,15,16). The van der Waals surface area contributed by atoms with Gasteiger partial charge in [-0.3, -0.25) is 10.1 Å². The van der Waals surface area contributed by atoms with Crippen molar-refractivity contribution in [2.75, 3.05) is 13.7 Å². The molecule has 0 saturated heterocycles. The zero-order chi connectivity index (χ0) is 13.5. The Hall–Kier alpha value is -1.60. The molecule has 1 aromatic rings. The molecule has 4 N–H and O–H groups in total. The maximum absolute atomic E-state index is 5.42. The molecule has 0 aliphatic carbocycles. The van der Waals surface area contributed by atoms with Crippen LogP contribution < -0.4 is 16.6 Å². The average Bonchev–Trinajstić information content (AvgIpc) is 2.66. The van der Waals surface area contributed by atoms with Crippen LogP contribution in [0.5, 0.6) is 0 Å². The van der Waals surface area contributed by atoms with Gasteiger partial charge in [-0.1, -0.05) is 0 Å². The highest BCUT2D eigenvalue weighted by Gasteiger charge is 2.06. The van der Waals surface area contributed by atoms with E-state index in [-0.39, 0.29) is 6.04 Å². The number of nitrogens with two attached hydrogens (primary N) is 1. The van der Waals surface area contributed by atoms with E-state index < -0.39 is 0 Å². The summed E-state index contributed by atoms with van der Waals surface area (Å²) < 4.78 is 6.86. The number of hydrogen-bond donors (Lipinski definition) is 3. The Bertz CT molecular complexity index is 400. The molecule has 7 nitrogen and oxygen atoms in total. The van der Waals surface area contributed by atoms with Gasteiger partial charge in [0.15, 0.2) is 0 Å². The molecule has 0 aliphatic rings. The second-order valence-corrected chi connectivity index (χ2v) is 4.19. The third kappa shape index (κ3) is 4.01. The van der Waals surface area contributed by atoms with Crippen molar-refractivity contribution in [1.29, 1.82) is 0 Å². The number of methoxy groups -OCH3 is 1. The molecule has 0 aliphatic heterocycles. The SMILES string of the molecule is COCC(C)NC(=NCc1cnn(C)c1C)NN. The Kier molecular flexibility index (Phi) is 5.60. The van der Waals surface area contributed by atoms with Gasteiger partial charge in [0.1, 0.15) is 0 Å². The summed E-state index contributed by atoms with van der Waals surface area (Å²) in [5.74, 6) is 5.96. The van der Waals surface area contributed by atoms with Gasteiger partial charge < -0.3 is 10.1 Å². The number of rotatable bonds is 5. The minimum absolute atomic E-state index is 0.139. The summed E-state index contributed by atoms with van der Waals surface area (Å²) in [6.07, 6.45) is 1.81. The molecule has 1 unspecified atom stereocenters. The van der Waals surface area contributed by atoms with E-state index in [1.165, 1.54) is 0 Å². The Labute approximate surface area is 107 Å². The fourth-order valence-electron chi connectivity index (χ4n) is 1.52. The van der Waals surface area contributed by atoms with E-state index in [9.17, 15) is 0 Å². The normalized spacial score (nSPS) is 13.5. The lowest BCUT2D eigenvalue weighted by molar-refractivity contribution is 0.179. The zero-order valence-corrected chi connectivity index (χ0v) is 11.4. The number of nitrogens with zero attached hydrogens (tertiary/aromatic N) is 3. The van der Waals surface area contributed by atoms with Gasteiger partial charge in [-0.05, 0) is 13.8 Å². The second-order valence-electron chi connectivity index (χ2n) is 4.19. The van der Waals surface area contributed by atoms with Crippen LogP contribution >= 0.6 is 0 Å². The summed E-state index contributed by atoms with van der Waals surface area (Å²) >= 11 is 0. The van der Waals surface area contributed by atoms with Crippen LogP contribution in [0.4, 0.5) is 0 Å². The number of guanidine groups is 1. The van der Waals surface area contributed by atoms with E-state index in [2.05, 4.69) is 20.8 Å². The minimum atomic E-state index is 0.139. The van der Waals surface area contributed by atoms with Crippen molar-refractivity contribution in [3.63, 3.8) is 0 Å². The molecular weight excluding hydrogens is 232 g/mol. The highest BCUT2D eigenvalue weighted by molar-refractivity contribution is 5.79. The lowest BCUT2D eigenvalue weighted by Gasteiger charge is -2.15. The number of hydrogen-bond acceptors (Lipinski definition) is 4. The molecule has 0 fully saturated rings. The first-order chi connectivity index (χ1) is 8.58. The molecule has 0 aromatic carbocycles. The van der Waals surface area contributed by atoms with E-state index in [4.69, 9.17) is 10.6 Å². The van der Waals surface area contributed by atoms with Crippen LogP contribution in [0.15, 0.2) is 11.2 Å². The van der Waals surface area contributed by atoms with Crippen LogP contribution in [0, 0.1) is 6.92 Å². The van der Waals surface area contributed by atoms with Gasteiger partial charge in [-0.25, -0.2) is 10.8 Å². The van der Waals surface area contributed by atoms with Crippen molar-refractivity contribution in [3.05, 3.63) is 17.5 Å². The Morgan fingerprint density at radius 3 is 2.89 bits per heavy atom. The monoisotopic (exact) mass is 254 g/mol. The lowest BCUT2D eigenvalue weighted by atomic mass is 10.3. The van der Waals surface area contributed by atoms with E-state index in [0.717, 1.165) is 11.3 Å². The molecule has 18 heavy (non-hydrogen) atoms. The maximum Gasteiger partial charge on any atom is 0.206 e. The minimum Gasteiger partial charge on any atom is -0.383 e. The first-order valence-corrected chi connectivity index (χ1v) is 5.82. The maximum atomic E-state index is 5.42. The van der Waals surface area contributed by atoms with Crippen LogP contribution in [-0.2, 0) is 18.3 Å². The van der Waals surface area contributed by atoms with Crippen molar-refractivity contribution in [2.45, 2.75) is 26.4 Å². The highest BCUT2D eigenvalue weighted by atomic mass is 16.5. The summed E-state index contributed by atoms with van der Waals surface area (Å²) in [5.41, 5.74) is 4.72. The van der Waals surface area contributed by atoms with Gasteiger partial charge in [-0.15, -0.1) is 0 Å². The number of aromatic nitrogens is 2. The molecular formula is C11H22N6O. The summed E-state index contributed by atoms with van der Waals surface area (Å²) in [4.78, 5) is 4.37. The van der Waals surface area contributed by atoms with Gasteiger partial charge in [-0.2, -0.15) is 5.10 Å². The topological polar surface area (TPSA) is 89.5 Å². The van der Waals surface area contributed by atoms with Crippen LogP contribution in [0.1, 0.15) is 18.2 Å². The average molecular weight is 254 g/mol. The molecule has 1 rings (SSSR count). The van der Waals surface area contributed by atoms with Gasteiger partial charge in [0, 0.05) is 31.5 Å². The summed E-state index contributed by atoms with van der Waals surface area (Å²) in [6.45, 7) is 5.12. The van der Waals surface area contributed by atoms with Crippen LogP contribution in [-0.4, -0.2) is 35.5 Å². The molecule has 1 aromatic heterocycles. The first kappa shape index (κ1) is 14.5. The van der Waals surface area contributed by atoms with Crippen LogP contribution in [0.3, 0.4) is 0 Å². The molecule has 0 saturated carbocycles. The van der Waals surface area contributed by atoms with Crippen molar-refractivity contribution in [3.8, 4) is 0 Å². The summed E-state index contributed by atoms with van der Waals surface area (Å²) in [6, 6.07) is 0.139. The van der Waals surface area contributed by atoms with Crippen molar-refractivity contribution in [2.24, 2.45) is 17.9 Å². The quantitative estimate of drug-likeness (QED) is 0.290. The van der Waals surface area contributed by atoms with Crippen molar-refractivity contribution < 1.29 is 4.74 Å². The fraction of sp³-hybridized carbons (Fsp3) is 0.636. The molecule has 0 radical (unpaired) electrons.